The van der Waals surface area contributed by atoms with Gasteiger partial charge in [0, 0.05) is 30.1 Å². The maximum atomic E-state index is 13.1. The van der Waals surface area contributed by atoms with Crippen molar-refractivity contribution in [2.45, 2.75) is 52.9 Å². The van der Waals surface area contributed by atoms with Crippen molar-refractivity contribution in [2.24, 2.45) is 5.41 Å². The van der Waals surface area contributed by atoms with Crippen LogP contribution >= 0.6 is 0 Å². The molecule has 0 amide bonds. The van der Waals surface area contributed by atoms with Gasteiger partial charge in [-0.25, -0.2) is 9.59 Å². The van der Waals surface area contributed by atoms with E-state index in [4.69, 9.17) is 9.47 Å². The summed E-state index contributed by atoms with van der Waals surface area (Å²) in [6.07, 6.45) is 2.18. The molecule has 1 aromatic rings. The van der Waals surface area contributed by atoms with Gasteiger partial charge < -0.3 is 19.9 Å². The number of ether oxygens (including phenoxy) is 2. The van der Waals surface area contributed by atoms with Crippen molar-refractivity contribution in [3.63, 3.8) is 0 Å². The molecule has 0 aliphatic carbocycles. The van der Waals surface area contributed by atoms with Gasteiger partial charge in [-0.15, -0.1) is 0 Å². The number of benzene rings is 1. The number of carbonyl (C=O) groups is 2. The zero-order valence-corrected chi connectivity index (χ0v) is 19.8. The van der Waals surface area contributed by atoms with Gasteiger partial charge in [0.1, 0.15) is 0 Å². The zero-order valence-electron chi connectivity index (χ0n) is 19.8. The highest BCUT2D eigenvalue weighted by atomic mass is 16.6. The first-order valence-electron chi connectivity index (χ1n) is 10.8. The maximum Gasteiger partial charge on any atom is 0.336 e. The number of nitro benzene ring substituents is 1. The van der Waals surface area contributed by atoms with Crippen LogP contribution in [0.15, 0.2) is 46.8 Å². The Kier molecular flexibility index (Phi) is 8.76. The highest BCUT2D eigenvalue weighted by Gasteiger charge is 2.38. The lowest BCUT2D eigenvalue weighted by Crippen LogP contribution is -2.32. The van der Waals surface area contributed by atoms with Crippen LogP contribution in [0.3, 0.4) is 0 Å². The molecule has 1 aromatic carbocycles. The fourth-order valence-electron chi connectivity index (χ4n) is 3.82. The van der Waals surface area contributed by atoms with Crippen molar-refractivity contribution in [1.82, 2.24) is 5.32 Å². The van der Waals surface area contributed by atoms with E-state index >= 15 is 0 Å². The number of rotatable bonds is 10. The number of aliphatic hydroxyl groups is 1. The van der Waals surface area contributed by atoms with Gasteiger partial charge in [-0.3, -0.25) is 10.1 Å². The van der Waals surface area contributed by atoms with Crippen molar-refractivity contribution in [3.05, 3.63) is 62.5 Å². The Bertz CT molecular complexity index is 979. The lowest BCUT2D eigenvalue weighted by molar-refractivity contribution is -0.384. The van der Waals surface area contributed by atoms with Crippen LogP contribution in [0.2, 0.25) is 0 Å². The van der Waals surface area contributed by atoms with Crippen LogP contribution in [0.1, 0.15) is 58.4 Å². The molecule has 0 saturated heterocycles. The summed E-state index contributed by atoms with van der Waals surface area (Å²) in [5, 5.41) is 23.7. The van der Waals surface area contributed by atoms with Crippen LogP contribution in [-0.2, 0) is 19.1 Å². The van der Waals surface area contributed by atoms with Gasteiger partial charge in [0.15, 0.2) is 0 Å². The van der Waals surface area contributed by atoms with E-state index < -0.39 is 22.8 Å². The minimum atomic E-state index is -0.876. The Hall–Kier alpha value is -3.20. The minimum absolute atomic E-state index is 0.0808. The summed E-state index contributed by atoms with van der Waals surface area (Å²) in [5.74, 6) is -2.12. The highest BCUT2D eigenvalue weighted by molar-refractivity contribution is 5.99. The van der Waals surface area contributed by atoms with E-state index in [1.165, 1.54) is 25.3 Å². The summed E-state index contributed by atoms with van der Waals surface area (Å²) in [4.78, 5) is 36.5. The van der Waals surface area contributed by atoms with E-state index in [9.17, 15) is 24.8 Å². The molecule has 0 bridgehead atoms. The number of nitrogens with zero attached hydrogens (tertiary/aromatic N) is 1. The lowest BCUT2D eigenvalue weighted by atomic mass is 9.80. The number of nitrogens with one attached hydrogen (secondary N) is 1. The van der Waals surface area contributed by atoms with Crippen LogP contribution in [-0.4, -0.2) is 42.3 Å². The third kappa shape index (κ3) is 6.41. The zero-order chi connectivity index (χ0) is 24.8. The van der Waals surface area contributed by atoms with E-state index in [2.05, 4.69) is 5.32 Å². The van der Waals surface area contributed by atoms with Crippen molar-refractivity contribution in [3.8, 4) is 0 Å². The first kappa shape index (κ1) is 26.1. The van der Waals surface area contributed by atoms with Crippen molar-refractivity contribution in [2.75, 3.05) is 20.3 Å². The predicted molar refractivity (Wildman–Crippen MR) is 122 cm³/mol. The van der Waals surface area contributed by atoms with Gasteiger partial charge in [0.2, 0.25) is 0 Å². The lowest BCUT2D eigenvalue weighted by Gasteiger charge is -2.30. The number of allylic oxidation sites excluding steroid dienone is 2. The number of carbonyl (C=O) groups excluding carboxylic acids is 2. The fraction of sp³-hybridized carbons (Fsp3) is 0.500. The van der Waals surface area contributed by atoms with Crippen LogP contribution in [0.25, 0.3) is 0 Å². The van der Waals surface area contributed by atoms with Crippen LogP contribution in [0.4, 0.5) is 5.69 Å². The van der Waals surface area contributed by atoms with E-state index in [0.717, 1.165) is 12.8 Å². The Balaban J connectivity index is 2.33. The van der Waals surface area contributed by atoms with Gasteiger partial charge >= 0.3 is 11.9 Å². The number of hydrogen-bond acceptors (Lipinski definition) is 8. The Morgan fingerprint density at radius 2 is 1.79 bits per heavy atom. The quantitative estimate of drug-likeness (QED) is 0.234. The number of hydrogen-bond donors (Lipinski definition) is 2. The maximum absolute atomic E-state index is 13.1. The van der Waals surface area contributed by atoms with Gasteiger partial charge in [-0.1, -0.05) is 26.0 Å². The fourth-order valence-corrected chi connectivity index (χ4v) is 3.82. The molecule has 0 radical (unpaired) electrons. The van der Waals surface area contributed by atoms with Gasteiger partial charge in [0.25, 0.3) is 5.69 Å². The number of dihydropyridines is 1. The standard InChI is InChI=1S/C24H32N2O7/c1-15-19(22(28)32-5)21(17-9-8-10-18(13-17)26(30)31)20(16(2)25-15)23(29)33-12-7-6-11-24(3,4)14-27/h8-10,13,21,25,27H,6-7,11-12,14H2,1-5H3. The summed E-state index contributed by atoms with van der Waals surface area (Å²) in [6.45, 7) is 7.57. The first-order chi connectivity index (χ1) is 15.5. The third-order valence-corrected chi connectivity index (χ3v) is 5.71. The largest absolute Gasteiger partial charge is 0.466 e. The van der Waals surface area contributed by atoms with E-state index in [1.807, 2.05) is 13.8 Å². The van der Waals surface area contributed by atoms with Gasteiger partial charge in [-0.2, -0.15) is 0 Å². The molecular weight excluding hydrogens is 428 g/mol. The first-order valence-corrected chi connectivity index (χ1v) is 10.8. The second-order valence-corrected chi connectivity index (χ2v) is 8.89. The third-order valence-electron chi connectivity index (χ3n) is 5.71. The van der Waals surface area contributed by atoms with E-state index in [-0.39, 0.29) is 35.5 Å². The second kappa shape index (κ2) is 11.1. The number of nitro groups is 1. The van der Waals surface area contributed by atoms with Crippen molar-refractivity contribution >= 4 is 17.6 Å². The van der Waals surface area contributed by atoms with Crippen molar-refractivity contribution in [1.29, 1.82) is 0 Å². The highest BCUT2D eigenvalue weighted by Crippen LogP contribution is 2.40. The summed E-state index contributed by atoms with van der Waals surface area (Å²) in [6, 6.07) is 5.85. The second-order valence-electron chi connectivity index (χ2n) is 8.89. The summed E-state index contributed by atoms with van der Waals surface area (Å²) in [5.41, 5.74) is 1.48. The molecule has 9 heteroatoms. The molecule has 33 heavy (non-hydrogen) atoms. The Morgan fingerprint density at radius 3 is 2.36 bits per heavy atom. The molecule has 0 saturated carbocycles. The van der Waals surface area contributed by atoms with Gasteiger partial charge in [0.05, 0.1) is 35.7 Å². The molecule has 1 heterocycles. The predicted octanol–water partition coefficient (Wildman–Crippen LogP) is 3.73. The minimum Gasteiger partial charge on any atom is -0.466 e. The number of non-ortho nitro benzene ring substituents is 1. The molecule has 0 spiro atoms. The molecule has 1 atom stereocenters. The molecular formula is C24H32N2O7. The molecule has 0 aromatic heterocycles. The number of methoxy groups -OCH3 is 1. The Labute approximate surface area is 193 Å². The smallest absolute Gasteiger partial charge is 0.336 e. The van der Waals surface area contributed by atoms with Crippen molar-refractivity contribution < 1.29 is 29.1 Å². The molecule has 0 fully saturated rings. The summed E-state index contributed by atoms with van der Waals surface area (Å²) >= 11 is 0. The molecule has 2 N–H and O–H groups in total. The normalized spacial score (nSPS) is 16.4. The van der Waals surface area contributed by atoms with Crippen LogP contribution < -0.4 is 5.32 Å². The molecule has 1 unspecified atom stereocenters. The molecule has 9 nitrogen and oxygen atoms in total. The van der Waals surface area contributed by atoms with Crippen LogP contribution in [0, 0.1) is 15.5 Å². The number of esters is 2. The Morgan fingerprint density at radius 1 is 1.15 bits per heavy atom. The average Bonchev–Trinajstić information content (AvgIpc) is 2.77. The summed E-state index contributed by atoms with van der Waals surface area (Å²) in [7, 11) is 1.24. The SMILES string of the molecule is COC(=O)C1=C(C)NC(C)=C(C(=O)OCCCCC(C)(C)CO)C1c1cccc([N+](=O)[O-])c1. The summed E-state index contributed by atoms with van der Waals surface area (Å²) < 4.78 is 10.5. The molecule has 180 valence electrons. The molecule has 1 aliphatic rings. The molecule has 1 aliphatic heterocycles. The van der Waals surface area contributed by atoms with E-state index in [0.29, 0.717) is 23.4 Å². The number of unbranched alkanes of at least 4 members (excludes halogenated alkanes) is 1. The van der Waals surface area contributed by atoms with Crippen LogP contribution in [0.5, 0.6) is 0 Å². The monoisotopic (exact) mass is 460 g/mol. The number of aliphatic hydroxyl groups excluding tert-OH is 1. The van der Waals surface area contributed by atoms with Gasteiger partial charge in [-0.05, 0) is 44.1 Å². The topological polar surface area (TPSA) is 128 Å². The average molecular weight is 461 g/mol. The van der Waals surface area contributed by atoms with E-state index in [1.54, 1.807) is 19.9 Å². The molecule has 2 rings (SSSR count).